The third kappa shape index (κ3) is 3.21. The molecule has 0 atom stereocenters. The number of halogens is 1. The molecule has 0 aliphatic carbocycles. The van der Waals surface area contributed by atoms with Crippen molar-refractivity contribution in [2.24, 2.45) is 0 Å². The topological polar surface area (TPSA) is 28.7 Å². The van der Waals surface area contributed by atoms with Gasteiger partial charge in [-0.05, 0) is 61.2 Å². The molecule has 3 aromatic rings. The van der Waals surface area contributed by atoms with Crippen LogP contribution in [0.1, 0.15) is 35.0 Å². The SMILES string of the molecule is CCc1c(C)c(-c2ccc(C#N)cc2)c(C)n1Cc1ccc(F)cc1. The summed E-state index contributed by atoms with van der Waals surface area (Å²) in [5.41, 5.74) is 7.86. The van der Waals surface area contributed by atoms with Gasteiger partial charge in [-0.25, -0.2) is 4.39 Å². The van der Waals surface area contributed by atoms with Crippen LogP contribution in [0.3, 0.4) is 0 Å². The van der Waals surface area contributed by atoms with E-state index in [1.54, 1.807) is 0 Å². The average Bonchev–Trinajstić information content (AvgIpc) is 2.86. The Balaban J connectivity index is 2.07. The minimum atomic E-state index is -0.210. The number of nitriles is 1. The van der Waals surface area contributed by atoms with Crippen LogP contribution in [-0.2, 0) is 13.0 Å². The lowest BCUT2D eigenvalue weighted by Crippen LogP contribution is -2.06. The van der Waals surface area contributed by atoms with Crippen LogP contribution in [0.25, 0.3) is 11.1 Å². The molecule has 2 aromatic carbocycles. The highest BCUT2D eigenvalue weighted by Gasteiger charge is 2.17. The van der Waals surface area contributed by atoms with Crippen LogP contribution in [0.15, 0.2) is 48.5 Å². The Morgan fingerprint density at radius 2 is 1.64 bits per heavy atom. The second-order valence-electron chi connectivity index (χ2n) is 6.29. The number of benzene rings is 2. The summed E-state index contributed by atoms with van der Waals surface area (Å²) in [6.45, 7) is 7.17. The summed E-state index contributed by atoms with van der Waals surface area (Å²) in [6, 6.07) is 16.6. The van der Waals surface area contributed by atoms with Crippen LogP contribution in [0.5, 0.6) is 0 Å². The zero-order chi connectivity index (χ0) is 18.0. The molecule has 25 heavy (non-hydrogen) atoms. The van der Waals surface area contributed by atoms with Crippen LogP contribution in [-0.4, -0.2) is 4.57 Å². The Kier molecular flexibility index (Phi) is 4.72. The van der Waals surface area contributed by atoms with Crippen molar-refractivity contribution in [3.8, 4) is 17.2 Å². The van der Waals surface area contributed by atoms with E-state index in [1.165, 1.54) is 34.6 Å². The highest BCUT2D eigenvalue weighted by atomic mass is 19.1. The third-order valence-electron chi connectivity index (χ3n) is 4.79. The smallest absolute Gasteiger partial charge is 0.123 e. The summed E-state index contributed by atoms with van der Waals surface area (Å²) >= 11 is 0. The number of aromatic nitrogens is 1. The highest BCUT2D eigenvalue weighted by Crippen LogP contribution is 2.33. The summed E-state index contributed by atoms with van der Waals surface area (Å²) in [5, 5.41) is 9.00. The van der Waals surface area contributed by atoms with Crippen molar-refractivity contribution in [3.05, 3.63) is 82.4 Å². The average molecular weight is 332 g/mol. The molecule has 0 saturated heterocycles. The highest BCUT2D eigenvalue weighted by molar-refractivity contribution is 5.72. The predicted molar refractivity (Wildman–Crippen MR) is 98.9 cm³/mol. The Labute approximate surface area is 148 Å². The Bertz CT molecular complexity index is 926. The fourth-order valence-electron chi connectivity index (χ4n) is 3.53. The molecule has 1 heterocycles. The lowest BCUT2D eigenvalue weighted by molar-refractivity contribution is 0.625. The van der Waals surface area contributed by atoms with E-state index in [4.69, 9.17) is 5.26 Å². The zero-order valence-electron chi connectivity index (χ0n) is 14.8. The fourth-order valence-corrected chi connectivity index (χ4v) is 3.53. The van der Waals surface area contributed by atoms with Gasteiger partial charge < -0.3 is 4.57 Å². The van der Waals surface area contributed by atoms with Gasteiger partial charge in [-0.15, -0.1) is 0 Å². The molecule has 0 radical (unpaired) electrons. The van der Waals surface area contributed by atoms with E-state index in [2.05, 4.69) is 31.4 Å². The normalized spacial score (nSPS) is 10.7. The van der Waals surface area contributed by atoms with E-state index in [-0.39, 0.29) is 5.82 Å². The van der Waals surface area contributed by atoms with E-state index in [0.717, 1.165) is 24.1 Å². The van der Waals surface area contributed by atoms with Gasteiger partial charge in [0.15, 0.2) is 0 Å². The molecule has 1 aromatic heterocycles. The van der Waals surface area contributed by atoms with Crippen molar-refractivity contribution in [1.29, 1.82) is 5.26 Å². The van der Waals surface area contributed by atoms with Gasteiger partial charge in [0.2, 0.25) is 0 Å². The van der Waals surface area contributed by atoms with Crippen molar-refractivity contribution >= 4 is 0 Å². The summed E-state index contributed by atoms with van der Waals surface area (Å²) in [5.74, 6) is -0.210. The van der Waals surface area contributed by atoms with Crippen molar-refractivity contribution in [2.45, 2.75) is 33.7 Å². The number of rotatable bonds is 4. The Morgan fingerprint density at radius 1 is 1.00 bits per heavy atom. The largest absolute Gasteiger partial charge is 0.344 e. The van der Waals surface area contributed by atoms with Gasteiger partial charge in [0.25, 0.3) is 0 Å². The quantitative estimate of drug-likeness (QED) is 0.629. The lowest BCUT2D eigenvalue weighted by atomic mass is 10.00. The second kappa shape index (κ2) is 6.94. The van der Waals surface area contributed by atoms with E-state index >= 15 is 0 Å². The van der Waals surface area contributed by atoms with Crippen molar-refractivity contribution in [1.82, 2.24) is 4.57 Å². The molecule has 2 nitrogen and oxygen atoms in total. The van der Waals surface area contributed by atoms with Crippen LogP contribution in [0, 0.1) is 31.0 Å². The molecule has 0 saturated carbocycles. The van der Waals surface area contributed by atoms with Gasteiger partial charge in [-0.1, -0.05) is 31.2 Å². The van der Waals surface area contributed by atoms with Gasteiger partial charge in [-0.2, -0.15) is 5.26 Å². The standard InChI is InChI=1S/C22H21FN2/c1-4-21-15(2)22(19-9-5-17(13-24)6-10-19)16(3)25(21)14-18-7-11-20(23)12-8-18/h5-12H,4,14H2,1-3H3. The maximum Gasteiger partial charge on any atom is 0.123 e. The molecule has 0 aliphatic rings. The Hall–Kier alpha value is -2.86. The summed E-state index contributed by atoms with van der Waals surface area (Å²) < 4.78 is 15.5. The number of hydrogen-bond donors (Lipinski definition) is 0. The molecular weight excluding hydrogens is 311 g/mol. The predicted octanol–water partition coefficient (Wildman–Crippen LogP) is 5.39. The second-order valence-corrected chi connectivity index (χ2v) is 6.29. The monoisotopic (exact) mass is 332 g/mol. The molecule has 0 amide bonds. The fraction of sp³-hybridized carbons (Fsp3) is 0.227. The molecule has 0 unspecified atom stereocenters. The summed E-state index contributed by atoms with van der Waals surface area (Å²) in [4.78, 5) is 0. The van der Waals surface area contributed by atoms with Gasteiger partial charge in [-0.3, -0.25) is 0 Å². The molecule has 0 fully saturated rings. The molecule has 3 heteroatoms. The molecule has 3 rings (SSSR count). The van der Waals surface area contributed by atoms with Crippen LogP contribution in [0.2, 0.25) is 0 Å². The summed E-state index contributed by atoms with van der Waals surface area (Å²) in [6.07, 6.45) is 0.935. The molecule has 0 N–H and O–H groups in total. The molecule has 0 bridgehead atoms. The molecule has 126 valence electrons. The van der Waals surface area contributed by atoms with Gasteiger partial charge in [0, 0.05) is 23.5 Å². The van der Waals surface area contributed by atoms with Crippen LogP contribution < -0.4 is 0 Å². The molecule has 0 aliphatic heterocycles. The minimum Gasteiger partial charge on any atom is -0.344 e. The van der Waals surface area contributed by atoms with Crippen LogP contribution >= 0.6 is 0 Å². The lowest BCUT2D eigenvalue weighted by Gasteiger charge is -2.11. The van der Waals surface area contributed by atoms with Gasteiger partial charge >= 0.3 is 0 Å². The van der Waals surface area contributed by atoms with Crippen molar-refractivity contribution in [3.63, 3.8) is 0 Å². The van der Waals surface area contributed by atoms with E-state index in [9.17, 15) is 4.39 Å². The first-order chi connectivity index (χ1) is 12.0. The van der Waals surface area contributed by atoms with Crippen molar-refractivity contribution in [2.75, 3.05) is 0 Å². The van der Waals surface area contributed by atoms with Gasteiger partial charge in [0.1, 0.15) is 5.82 Å². The first kappa shape index (κ1) is 17.0. The maximum absolute atomic E-state index is 13.2. The first-order valence-corrected chi connectivity index (χ1v) is 8.48. The first-order valence-electron chi connectivity index (χ1n) is 8.48. The van der Waals surface area contributed by atoms with Crippen LogP contribution in [0.4, 0.5) is 4.39 Å². The number of hydrogen-bond acceptors (Lipinski definition) is 1. The minimum absolute atomic E-state index is 0.210. The van der Waals surface area contributed by atoms with E-state index < -0.39 is 0 Å². The summed E-state index contributed by atoms with van der Waals surface area (Å²) in [7, 11) is 0. The van der Waals surface area contributed by atoms with E-state index in [1.807, 2.05) is 36.4 Å². The third-order valence-corrected chi connectivity index (χ3v) is 4.79. The van der Waals surface area contributed by atoms with E-state index in [0.29, 0.717) is 5.56 Å². The maximum atomic E-state index is 13.2. The van der Waals surface area contributed by atoms with Crippen molar-refractivity contribution < 1.29 is 4.39 Å². The number of nitrogens with zero attached hydrogens (tertiary/aromatic N) is 2. The van der Waals surface area contributed by atoms with Gasteiger partial charge in [0.05, 0.1) is 11.6 Å². The molecule has 0 spiro atoms. The zero-order valence-corrected chi connectivity index (χ0v) is 14.8. The molecular formula is C22H21FN2. The Morgan fingerprint density at radius 3 is 2.20 bits per heavy atom.